The second kappa shape index (κ2) is 7.34. The van der Waals surface area contributed by atoms with E-state index in [2.05, 4.69) is 5.32 Å². The van der Waals surface area contributed by atoms with Crippen LogP contribution in [0.2, 0.25) is 10.0 Å². The van der Waals surface area contributed by atoms with Crippen LogP contribution in [0.15, 0.2) is 47.4 Å². The van der Waals surface area contributed by atoms with E-state index in [4.69, 9.17) is 23.2 Å². The fraction of sp³-hybridized carbons (Fsp3) is 0.0625. The lowest BCUT2D eigenvalue weighted by molar-refractivity contribution is -0.111. The molecule has 0 radical (unpaired) electrons. The molecule has 2 aromatic rings. The Morgan fingerprint density at radius 3 is 2.38 bits per heavy atom. The minimum atomic E-state index is -3.52. The van der Waals surface area contributed by atoms with Crippen LogP contribution in [0.1, 0.15) is 5.56 Å². The van der Waals surface area contributed by atoms with Crippen molar-refractivity contribution in [3.05, 3.63) is 63.9 Å². The molecule has 0 unspecified atom stereocenters. The highest BCUT2D eigenvalue weighted by atomic mass is 35.5. The fourth-order valence-corrected chi connectivity index (χ4v) is 3.00. The lowest BCUT2D eigenvalue weighted by Gasteiger charge is -2.06. The number of carbonyl (C=O) groups excluding carboxylic acids is 1. The van der Waals surface area contributed by atoms with Gasteiger partial charge in [0.1, 0.15) is 5.82 Å². The first-order valence-corrected chi connectivity index (χ1v) is 9.26. The molecule has 0 saturated heterocycles. The summed E-state index contributed by atoms with van der Waals surface area (Å²) in [5.41, 5.74) is 0.208. The average molecular weight is 388 g/mol. The number of anilines is 1. The van der Waals surface area contributed by atoms with Gasteiger partial charge in [-0.3, -0.25) is 4.79 Å². The van der Waals surface area contributed by atoms with E-state index in [1.165, 1.54) is 6.08 Å². The predicted octanol–water partition coefficient (Wildman–Crippen LogP) is 4.19. The molecule has 0 spiro atoms. The number of hydrogen-bond donors (Lipinski definition) is 1. The lowest BCUT2D eigenvalue weighted by atomic mass is 10.2. The van der Waals surface area contributed by atoms with Crippen LogP contribution in [0.5, 0.6) is 0 Å². The summed E-state index contributed by atoms with van der Waals surface area (Å²) < 4.78 is 36.7. The van der Waals surface area contributed by atoms with E-state index in [-0.39, 0.29) is 10.6 Å². The van der Waals surface area contributed by atoms with Gasteiger partial charge in [-0.25, -0.2) is 12.8 Å². The van der Waals surface area contributed by atoms with Crippen LogP contribution in [0.25, 0.3) is 6.08 Å². The molecule has 2 rings (SSSR count). The summed E-state index contributed by atoms with van der Waals surface area (Å²) in [6, 6.07) is 8.04. The maximum Gasteiger partial charge on any atom is 0.248 e. The molecule has 24 heavy (non-hydrogen) atoms. The van der Waals surface area contributed by atoms with Crippen LogP contribution in [-0.4, -0.2) is 20.6 Å². The molecule has 0 aliphatic carbocycles. The standard InChI is InChI=1S/C16H12Cl2FNO3S/c1-24(22,23)10-5-7-14(19)15(9-10)20-16(21)8-6-11-12(17)3-2-4-13(11)18/h2-9H,1H3,(H,20,21)/b8-6+. The van der Waals surface area contributed by atoms with Crippen LogP contribution in [0.3, 0.4) is 0 Å². The summed E-state index contributed by atoms with van der Waals surface area (Å²) in [5.74, 6) is -1.41. The van der Waals surface area contributed by atoms with Crippen LogP contribution < -0.4 is 5.32 Å². The summed E-state index contributed by atoms with van der Waals surface area (Å²) in [4.78, 5) is 11.8. The molecule has 4 nitrogen and oxygen atoms in total. The van der Waals surface area contributed by atoms with Crippen molar-refractivity contribution >= 4 is 50.7 Å². The Morgan fingerprint density at radius 2 is 1.79 bits per heavy atom. The zero-order valence-electron chi connectivity index (χ0n) is 12.4. The van der Waals surface area contributed by atoms with Gasteiger partial charge in [-0.2, -0.15) is 0 Å². The molecule has 1 amide bonds. The van der Waals surface area contributed by atoms with Crippen molar-refractivity contribution in [1.29, 1.82) is 0 Å². The second-order valence-electron chi connectivity index (χ2n) is 4.87. The molecule has 0 heterocycles. The quantitative estimate of drug-likeness (QED) is 0.631. The van der Waals surface area contributed by atoms with Gasteiger partial charge in [-0.15, -0.1) is 0 Å². The molecule has 8 heteroatoms. The SMILES string of the molecule is CS(=O)(=O)c1ccc(F)c(NC(=O)/C=C/c2c(Cl)cccc2Cl)c1. The fourth-order valence-electron chi connectivity index (χ4n) is 1.83. The smallest absolute Gasteiger partial charge is 0.248 e. The van der Waals surface area contributed by atoms with Gasteiger partial charge >= 0.3 is 0 Å². The molecule has 0 saturated carbocycles. The highest BCUT2D eigenvalue weighted by molar-refractivity contribution is 7.90. The first kappa shape index (κ1) is 18.4. The van der Waals surface area contributed by atoms with Crippen molar-refractivity contribution in [2.24, 2.45) is 0 Å². The van der Waals surface area contributed by atoms with Gasteiger partial charge in [-0.1, -0.05) is 29.3 Å². The van der Waals surface area contributed by atoms with E-state index in [9.17, 15) is 17.6 Å². The van der Waals surface area contributed by atoms with E-state index in [1.54, 1.807) is 18.2 Å². The first-order valence-electron chi connectivity index (χ1n) is 6.61. The molecule has 1 N–H and O–H groups in total. The number of halogens is 3. The Morgan fingerprint density at radius 1 is 1.17 bits per heavy atom. The van der Waals surface area contributed by atoms with E-state index in [0.29, 0.717) is 15.6 Å². The predicted molar refractivity (Wildman–Crippen MR) is 93.6 cm³/mol. The maximum atomic E-state index is 13.7. The number of sulfone groups is 1. The zero-order chi connectivity index (χ0) is 17.9. The minimum Gasteiger partial charge on any atom is -0.320 e. The highest BCUT2D eigenvalue weighted by Crippen LogP contribution is 2.25. The minimum absolute atomic E-state index is 0.0997. The summed E-state index contributed by atoms with van der Waals surface area (Å²) in [5, 5.41) is 3.00. The van der Waals surface area contributed by atoms with Crippen LogP contribution >= 0.6 is 23.2 Å². The van der Waals surface area contributed by atoms with Crippen LogP contribution in [0.4, 0.5) is 10.1 Å². The number of carbonyl (C=O) groups is 1. The van der Waals surface area contributed by atoms with E-state index < -0.39 is 21.6 Å². The molecular formula is C16H12Cl2FNO3S. The topological polar surface area (TPSA) is 63.2 Å². The van der Waals surface area contributed by atoms with Crippen LogP contribution in [-0.2, 0) is 14.6 Å². The van der Waals surface area contributed by atoms with Gasteiger partial charge in [0.15, 0.2) is 9.84 Å². The van der Waals surface area contributed by atoms with Gasteiger partial charge in [0, 0.05) is 27.9 Å². The number of rotatable bonds is 4. The van der Waals surface area contributed by atoms with Gasteiger partial charge in [0.2, 0.25) is 5.91 Å². The summed E-state index contributed by atoms with van der Waals surface area (Å²) in [6.45, 7) is 0. The zero-order valence-corrected chi connectivity index (χ0v) is 14.7. The Bertz CT molecular complexity index is 907. The van der Waals surface area contributed by atoms with Gasteiger partial charge in [0.25, 0.3) is 0 Å². The van der Waals surface area contributed by atoms with E-state index >= 15 is 0 Å². The van der Waals surface area contributed by atoms with Crippen molar-refractivity contribution in [2.75, 3.05) is 11.6 Å². The van der Waals surface area contributed by atoms with Crippen molar-refractivity contribution in [3.8, 4) is 0 Å². The second-order valence-corrected chi connectivity index (χ2v) is 7.70. The Kier molecular flexibility index (Phi) is 5.64. The van der Waals surface area contributed by atoms with Crippen molar-refractivity contribution in [1.82, 2.24) is 0 Å². The molecule has 0 aliphatic rings. The number of hydrogen-bond acceptors (Lipinski definition) is 3. The van der Waals surface area contributed by atoms with Gasteiger partial charge < -0.3 is 5.32 Å². The maximum absolute atomic E-state index is 13.7. The molecule has 0 aromatic heterocycles. The molecule has 0 atom stereocenters. The average Bonchev–Trinajstić information content (AvgIpc) is 2.48. The summed E-state index contributed by atoms with van der Waals surface area (Å²) in [6.07, 6.45) is 3.50. The normalized spacial score (nSPS) is 11.7. The summed E-state index contributed by atoms with van der Waals surface area (Å²) >= 11 is 12.0. The number of amides is 1. The lowest BCUT2D eigenvalue weighted by Crippen LogP contribution is -2.10. The van der Waals surface area contributed by atoms with Crippen molar-refractivity contribution in [2.45, 2.75) is 4.90 Å². The van der Waals surface area contributed by atoms with Crippen molar-refractivity contribution in [3.63, 3.8) is 0 Å². The van der Waals surface area contributed by atoms with Gasteiger partial charge in [0.05, 0.1) is 10.6 Å². The third-order valence-corrected chi connectivity index (χ3v) is 4.79. The monoisotopic (exact) mass is 387 g/mol. The molecule has 2 aromatic carbocycles. The Hall–Kier alpha value is -1.89. The summed E-state index contributed by atoms with van der Waals surface area (Å²) in [7, 11) is -3.52. The third-order valence-electron chi connectivity index (χ3n) is 3.02. The third kappa shape index (κ3) is 4.56. The number of nitrogens with one attached hydrogen (secondary N) is 1. The Labute approximate surface area is 148 Å². The molecular weight excluding hydrogens is 376 g/mol. The molecule has 0 fully saturated rings. The molecule has 0 aliphatic heterocycles. The first-order chi connectivity index (χ1) is 11.2. The van der Waals surface area contributed by atoms with Gasteiger partial charge in [-0.05, 0) is 36.4 Å². The highest BCUT2D eigenvalue weighted by Gasteiger charge is 2.12. The van der Waals surface area contributed by atoms with E-state index in [0.717, 1.165) is 30.5 Å². The largest absolute Gasteiger partial charge is 0.320 e. The molecule has 0 bridgehead atoms. The number of benzene rings is 2. The van der Waals surface area contributed by atoms with E-state index in [1.807, 2.05) is 0 Å². The Balaban J connectivity index is 2.23. The van der Waals surface area contributed by atoms with Crippen molar-refractivity contribution < 1.29 is 17.6 Å². The molecule has 126 valence electrons. The van der Waals surface area contributed by atoms with Crippen LogP contribution in [0, 0.1) is 5.82 Å².